The molecule has 1 aliphatic carbocycles. The van der Waals surface area contributed by atoms with Crippen LogP contribution in [0.2, 0.25) is 0 Å². The van der Waals surface area contributed by atoms with Crippen LogP contribution in [0.1, 0.15) is 20.3 Å². The van der Waals surface area contributed by atoms with Gasteiger partial charge in [-0.05, 0) is 43.0 Å². The molecule has 1 fully saturated rings. The maximum absolute atomic E-state index is 12.0. The molecule has 19 heavy (non-hydrogen) atoms. The van der Waals surface area contributed by atoms with E-state index in [0.29, 0.717) is 22.7 Å². The van der Waals surface area contributed by atoms with Crippen LogP contribution in [-0.4, -0.2) is 22.0 Å². The van der Waals surface area contributed by atoms with Gasteiger partial charge in [0.1, 0.15) is 4.90 Å². The smallest absolute Gasteiger partial charge is 0.242 e. The molecule has 0 radical (unpaired) electrons. The molecule has 0 heterocycles. The molecule has 0 aromatic heterocycles. The fourth-order valence-electron chi connectivity index (χ4n) is 2.18. The van der Waals surface area contributed by atoms with Crippen molar-refractivity contribution in [2.75, 3.05) is 24.6 Å². The van der Waals surface area contributed by atoms with Gasteiger partial charge >= 0.3 is 0 Å². The summed E-state index contributed by atoms with van der Waals surface area (Å²) in [5.41, 5.74) is 7.07. The largest absolute Gasteiger partial charge is 0.399 e. The molecular weight excluding hydrogens is 262 g/mol. The Bertz CT molecular complexity index is 582. The molecule has 0 spiro atoms. The predicted octanol–water partition coefficient (Wildman–Crippen LogP) is 1.63. The average molecular weight is 283 g/mol. The normalized spacial score (nSPS) is 21.1. The van der Waals surface area contributed by atoms with Crippen molar-refractivity contribution in [3.05, 3.63) is 18.2 Å². The molecular formula is C13H21N3O2S. The van der Waals surface area contributed by atoms with Crippen molar-refractivity contribution in [3.63, 3.8) is 0 Å². The summed E-state index contributed by atoms with van der Waals surface area (Å²) < 4.78 is 26.2. The van der Waals surface area contributed by atoms with Crippen LogP contribution in [-0.2, 0) is 10.0 Å². The lowest BCUT2D eigenvalue weighted by atomic mass is 10.1. The second-order valence-electron chi connectivity index (χ2n) is 5.73. The summed E-state index contributed by atoms with van der Waals surface area (Å²) in [4.78, 5) is 0.202. The Kier molecular flexibility index (Phi) is 3.49. The third-order valence-corrected chi connectivity index (χ3v) is 5.27. The Labute approximate surface area is 114 Å². The molecule has 2 rings (SSSR count). The minimum Gasteiger partial charge on any atom is -0.399 e. The zero-order valence-corrected chi connectivity index (χ0v) is 12.3. The Morgan fingerprint density at radius 2 is 2.05 bits per heavy atom. The minimum atomic E-state index is -3.50. The van der Waals surface area contributed by atoms with E-state index in [2.05, 4.69) is 23.9 Å². The summed E-state index contributed by atoms with van der Waals surface area (Å²) in [7, 11) is -2.10. The molecule has 4 N–H and O–H groups in total. The molecule has 1 unspecified atom stereocenters. The number of nitrogen functional groups attached to an aromatic ring is 1. The zero-order valence-electron chi connectivity index (χ0n) is 11.5. The van der Waals surface area contributed by atoms with Crippen LogP contribution in [0.15, 0.2) is 23.1 Å². The first kappa shape index (κ1) is 14.1. The number of anilines is 2. The number of hydrogen-bond acceptors (Lipinski definition) is 4. The molecule has 1 aromatic carbocycles. The van der Waals surface area contributed by atoms with Crippen LogP contribution >= 0.6 is 0 Å². The van der Waals surface area contributed by atoms with Crippen LogP contribution < -0.4 is 15.8 Å². The van der Waals surface area contributed by atoms with Gasteiger partial charge in [-0.2, -0.15) is 0 Å². The molecule has 0 saturated heterocycles. The quantitative estimate of drug-likeness (QED) is 0.717. The Morgan fingerprint density at radius 1 is 1.42 bits per heavy atom. The molecule has 5 nitrogen and oxygen atoms in total. The van der Waals surface area contributed by atoms with Crippen LogP contribution in [0.4, 0.5) is 11.4 Å². The van der Waals surface area contributed by atoms with E-state index in [0.717, 1.165) is 6.54 Å². The van der Waals surface area contributed by atoms with E-state index in [9.17, 15) is 8.42 Å². The highest BCUT2D eigenvalue weighted by Crippen LogP contribution is 2.51. The minimum absolute atomic E-state index is 0.202. The van der Waals surface area contributed by atoms with Gasteiger partial charge in [0, 0.05) is 12.2 Å². The van der Waals surface area contributed by atoms with E-state index in [4.69, 9.17) is 5.73 Å². The standard InChI is InChI=1S/C13H21N3O2S/c1-13(2)7-9(13)8-16-11-5-4-10(14)6-12(11)19(17,18)15-3/h4-6,9,15-16H,7-8,14H2,1-3H3. The maximum atomic E-state index is 12.0. The van der Waals surface area contributed by atoms with E-state index >= 15 is 0 Å². The molecule has 0 aliphatic heterocycles. The lowest BCUT2D eigenvalue weighted by molar-refractivity contribution is 0.572. The highest BCUT2D eigenvalue weighted by Gasteiger charge is 2.45. The van der Waals surface area contributed by atoms with Crippen molar-refractivity contribution < 1.29 is 8.42 Å². The van der Waals surface area contributed by atoms with Crippen molar-refractivity contribution in [3.8, 4) is 0 Å². The first-order chi connectivity index (χ1) is 8.76. The molecule has 6 heteroatoms. The van der Waals surface area contributed by atoms with Crippen molar-refractivity contribution in [2.24, 2.45) is 11.3 Å². The number of rotatable bonds is 5. The first-order valence-corrected chi connectivity index (χ1v) is 7.81. The van der Waals surface area contributed by atoms with Gasteiger partial charge in [-0.1, -0.05) is 13.8 Å². The summed E-state index contributed by atoms with van der Waals surface area (Å²) >= 11 is 0. The fourth-order valence-corrected chi connectivity index (χ4v) is 3.12. The monoisotopic (exact) mass is 283 g/mol. The van der Waals surface area contributed by atoms with Gasteiger partial charge in [0.15, 0.2) is 0 Å². The third kappa shape index (κ3) is 3.01. The van der Waals surface area contributed by atoms with Gasteiger partial charge in [0.05, 0.1) is 5.69 Å². The van der Waals surface area contributed by atoms with Gasteiger partial charge in [0.2, 0.25) is 10.0 Å². The summed E-state index contributed by atoms with van der Waals surface area (Å²) in [5.74, 6) is 0.593. The highest BCUT2D eigenvalue weighted by atomic mass is 32.2. The Morgan fingerprint density at radius 3 is 2.58 bits per heavy atom. The summed E-state index contributed by atoms with van der Waals surface area (Å²) in [6.07, 6.45) is 1.17. The number of hydrogen-bond donors (Lipinski definition) is 3. The summed E-state index contributed by atoms with van der Waals surface area (Å²) in [6.45, 7) is 5.21. The fraction of sp³-hybridized carbons (Fsp3) is 0.538. The van der Waals surface area contributed by atoms with Gasteiger partial charge in [0.25, 0.3) is 0 Å². The Balaban J connectivity index is 2.21. The number of benzene rings is 1. The van der Waals surface area contributed by atoms with Crippen molar-refractivity contribution >= 4 is 21.4 Å². The molecule has 0 amide bonds. The SMILES string of the molecule is CNS(=O)(=O)c1cc(N)ccc1NCC1CC1(C)C. The highest BCUT2D eigenvalue weighted by molar-refractivity contribution is 7.89. The second kappa shape index (κ2) is 4.68. The van der Waals surface area contributed by atoms with Crippen LogP contribution in [0.25, 0.3) is 0 Å². The molecule has 1 atom stereocenters. The topological polar surface area (TPSA) is 84.2 Å². The second-order valence-corrected chi connectivity index (χ2v) is 7.59. The van der Waals surface area contributed by atoms with Crippen molar-refractivity contribution in [1.29, 1.82) is 0 Å². The maximum Gasteiger partial charge on any atom is 0.242 e. The van der Waals surface area contributed by atoms with Crippen LogP contribution in [0, 0.1) is 11.3 Å². The predicted molar refractivity (Wildman–Crippen MR) is 77.5 cm³/mol. The van der Waals surface area contributed by atoms with Gasteiger partial charge < -0.3 is 11.1 Å². The lowest BCUT2D eigenvalue weighted by Crippen LogP contribution is -2.21. The summed E-state index contributed by atoms with van der Waals surface area (Å²) in [5, 5.41) is 3.22. The van der Waals surface area contributed by atoms with Gasteiger partial charge in [-0.25, -0.2) is 13.1 Å². The van der Waals surface area contributed by atoms with E-state index in [1.54, 1.807) is 12.1 Å². The van der Waals surface area contributed by atoms with Crippen LogP contribution in [0.3, 0.4) is 0 Å². The molecule has 106 valence electrons. The average Bonchev–Trinajstić information content (AvgIpc) is 2.95. The Hall–Kier alpha value is -1.27. The van der Waals surface area contributed by atoms with Gasteiger partial charge in [-0.15, -0.1) is 0 Å². The zero-order chi connectivity index (χ0) is 14.3. The molecule has 0 bridgehead atoms. The van der Waals surface area contributed by atoms with E-state index in [1.807, 2.05) is 0 Å². The van der Waals surface area contributed by atoms with Gasteiger partial charge in [-0.3, -0.25) is 0 Å². The number of nitrogens with one attached hydrogen (secondary N) is 2. The summed E-state index contributed by atoms with van der Waals surface area (Å²) in [6, 6.07) is 4.90. The lowest BCUT2D eigenvalue weighted by Gasteiger charge is -2.13. The van der Waals surface area contributed by atoms with E-state index in [-0.39, 0.29) is 4.90 Å². The molecule has 1 aliphatic rings. The van der Waals surface area contributed by atoms with E-state index < -0.39 is 10.0 Å². The third-order valence-electron chi connectivity index (χ3n) is 3.82. The number of nitrogens with two attached hydrogens (primary N) is 1. The van der Waals surface area contributed by atoms with Crippen molar-refractivity contribution in [1.82, 2.24) is 4.72 Å². The first-order valence-electron chi connectivity index (χ1n) is 6.33. The van der Waals surface area contributed by atoms with E-state index in [1.165, 1.54) is 19.5 Å². The van der Waals surface area contributed by atoms with Crippen molar-refractivity contribution in [2.45, 2.75) is 25.2 Å². The molecule has 1 saturated carbocycles. The molecule has 1 aromatic rings. The van der Waals surface area contributed by atoms with Crippen LogP contribution in [0.5, 0.6) is 0 Å². The number of sulfonamides is 1.